The van der Waals surface area contributed by atoms with Gasteiger partial charge in [-0.05, 0) is 25.1 Å². The molecule has 1 aromatic heterocycles. The van der Waals surface area contributed by atoms with Crippen molar-refractivity contribution < 1.29 is 9.32 Å². The molecule has 2 aromatic rings. The Balaban J connectivity index is 2.18. The third-order valence-corrected chi connectivity index (χ3v) is 2.84. The fourth-order valence-corrected chi connectivity index (χ4v) is 1.97. The first-order valence-corrected chi connectivity index (χ1v) is 5.93. The second kappa shape index (κ2) is 4.89. The van der Waals surface area contributed by atoms with Gasteiger partial charge < -0.3 is 9.84 Å². The van der Waals surface area contributed by atoms with Gasteiger partial charge in [-0.1, -0.05) is 32.7 Å². The van der Waals surface area contributed by atoms with Crippen LogP contribution in [0.1, 0.15) is 16.2 Å². The number of nitrogens with zero attached hydrogens (tertiary/aromatic N) is 1. The van der Waals surface area contributed by atoms with E-state index in [1.165, 1.54) is 0 Å². The minimum Gasteiger partial charge on any atom is -0.351 e. The van der Waals surface area contributed by atoms with Gasteiger partial charge in [0, 0.05) is 10.5 Å². The zero-order chi connectivity index (χ0) is 12.4. The molecule has 1 aromatic carbocycles. The maximum absolute atomic E-state index is 11.7. The fraction of sp³-hybridized carbons (Fsp3) is 0.0909. The Morgan fingerprint density at radius 2 is 2.24 bits per heavy atom. The Morgan fingerprint density at radius 3 is 2.82 bits per heavy atom. The number of anilines is 1. The van der Waals surface area contributed by atoms with Crippen molar-refractivity contribution in [3.05, 3.63) is 45.2 Å². The van der Waals surface area contributed by atoms with Gasteiger partial charge >= 0.3 is 0 Å². The molecule has 88 valence electrons. The molecule has 0 radical (unpaired) electrons. The predicted molar refractivity (Wildman–Crippen MR) is 68.3 cm³/mol. The number of aryl methyl sites for hydroxylation is 1. The topological polar surface area (TPSA) is 55.1 Å². The third-order valence-electron chi connectivity index (χ3n) is 2.03. The monoisotopic (exact) mass is 314 g/mol. The van der Waals surface area contributed by atoms with Crippen LogP contribution in [0.3, 0.4) is 0 Å². The van der Waals surface area contributed by atoms with Crippen molar-refractivity contribution >= 4 is 39.1 Å². The average molecular weight is 316 g/mol. The molecule has 0 fully saturated rings. The van der Waals surface area contributed by atoms with Gasteiger partial charge in [-0.2, -0.15) is 0 Å². The number of hydrogen-bond acceptors (Lipinski definition) is 3. The molecule has 6 heteroatoms. The number of benzene rings is 1. The Labute approximate surface area is 111 Å². The van der Waals surface area contributed by atoms with Crippen molar-refractivity contribution in [1.82, 2.24) is 5.16 Å². The number of carbonyl (C=O) groups is 1. The molecule has 1 amide bonds. The highest BCUT2D eigenvalue weighted by Gasteiger charge is 2.13. The van der Waals surface area contributed by atoms with Crippen LogP contribution in [-0.2, 0) is 0 Å². The van der Waals surface area contributed by atoms with E-state index in [2.05, 4.69) is 26.4 Å². The number of hydrogen-bond donors (Lipinski definition) is 1. The van der Waals surface area contributed by atoms with Crippen LogP contribution < -0.4 is 5.32 Å². The molecule has 2 rings (SSSR count). The fourth-order valence-electron chi connectivity index (χ4n) is 1.25. The maximum Gasteiger partial charge on any atom is 0.294 e. The van der Waals surface area contributed by atoms with Crippen LogP contribution in [0.5, 0.6) is 0 Å². The largest absolute Gasteiger partial charge is 0.351 e. The van der Waals surface area contributed by atoms with Crippen molar-refractivity contribution in [2.45, 2.75) is 6.92 Å². The van der Waals surface area contributed by atoms with E-state index >= 15 is 0 Å². The quantitative estimate of drug-likeness (QED) is 0.920. The van der Waals surface area contributed by atoms with Crippen molar-refractivity contribution in [1.29, 1.82) is 0 Å². The maximum atomic E-state index is 11.7. The molecule has 0 bridgehead atoms. The highest BCUT2D eigenvalue weighted by Crippen LogP contribution is 2.26. The lowest BCUT2D eigenvalue weighted by atomic mass is 10.3. The Kier molecular flexibility index (Phi) is 3.49. The van der Waals surface area contributed by atoms with Crippen LogP contribution in [0.25, 0.3) is 0 Å². The third kappa shape index (κ3) is 2.87. The SMILES string of the molecule is Cc1cc(C(=O)Nc2ccc(Br)cc2Cl)on1. The van der Waals surface area contributed by atoms with Crippen molar-refractivity contribution in [2.75, 3.05) is 5.32 Å². The molecule has 17 heavy (non-hydrogen) atoms. The summed E-state index contributed by atoms with van der Waals surface area (Å²) in [5, 5.41) is 6.73. The number of halogens is 2. The van der Waals surface area contributed by atoms with E-state index in [1.807, 2.05) is 0 Å². The molecule has 0 aliphatic rings. The molecule has 0 saturated carbocycles. The summed E-state index contributed by atoms with van der Waals surface area (Å²) in [5.74, 6) is -0.226. The van der Waals surface area contributed by atoms with Crippen molar-refractivity contribution in [3.63, 3.8) is 0 Å². The summed E-state index contributed by atoms with van der Waals surface area (Å²) in [7, 11) is 0. The standard InChI is InChI=1S/C11H8BrClN2O2/c1-6-4-10(17-15-6)11(16)14-9-3-2-7(12)5-8(9)13/h2-5H,1H3,(H,14,16). The molecular weight excluding hydrogens is 307 g/mol. The Hall–Kier alpha value is -1.33. The van der Waals surface area contributed by atoms with Gasteiger partial charge in [0.2, 0.25) is 5.76 Å². The van der Waals surface area contributed by atoms with E-state index in [9.17, 15) is 4.79 Å². The average Bonchev–Trinajstić information content (AvgIpc) is 2.69. The second-order valence-corrected chi connectivity index (χ2v) is 4.73. The van der Waals surface area contributed by atoms with Crippen LogP contribution >= 0.6 is 27.5 Å². The first kappa shape index (κ1) is 12.1. The molecule has 0 saturated heterocycles. The normalized spacial score (nSPS) is 10.3. The predicted octanol–water partition coefficient (Wildman–Crippen LogP) is 3.65. The Bertz CT molecular complexity index is 568. The molecule has 1 N–H and O–H groups in total. The number of rotatable bonds is 2. The molecular formula is C11H8BrClN2O2. The summed E-state index contributed by atoms with van der Waals surface area (Å²) in [6.45, 7) is 1.74. The van der Waals surface area contributed by atoms with Gasteiger partial charge in [0.15, 0.2) is 0 Å². The van der Waals surface area contributed by atoms with Crippen LogP contribution in [0, 0.1) is 6.92 Å². The molecule has 0 atom stereocenters. The van der Waals surface area contributed by atoms with E-state index < -0.39 is 0 Å². The molecule has 0 spiro atoms. The van der Waals surface area contributed by atoms with Gasteiger partial charge in [-0.25, -0.2) is 0 Å². The molecule has 0 aliphatic carbocycles. The number of amides is 1. The van der Waals surface area contributed by atoms with Crippen LogP contribution in [0.15, 0.2) is 33.3 Å². The lowest BCUT2D eigenvalue weighted by molar-refractivity contribution is 0.0988. The highest BCUT2D eigenvalue weighted by atomic mass is 79.9. The minimum atomic E-state index is -0.380. The van der Waals surface area contributed by atoms with Crippen LogP contribution in [0.4, 0.5) is 5.69 Å². The first-order valence-electron chi connectivity index (χ1n) is 4.76. The first-order chi connectivity index (χ1) is 8.06. The zero-order valence-corrected chi connectivity index (χ0v) is 11.2. The smallest absolute Gasteiger partial charge is 0.294 e. The number of nitrogens with one attached hydrogen (secondary N) is 1. The minimum absolute atomic E-state index is 0.154. The van der Waals surface area contributed by atoms with E-state index in [0.717, 1.165) is 4.47 Å². The van der Waals surface area contributed by atoms with Crippen molar-refractivity contribution in [3.8, 4) is 0 Å². The summed E-state index contributed by atoms with van der Waals surface area (Å²) in [6.07, 6.45) is 0. The summed E-state index contributed by atoms with van der Waals surface area (Å²) >= 11 is 9.26. The van der Waals surface area contributed by atoms with Gasteiger partial charge in [0.1, 0.15) is 0 Å². The number of carbonyl (C=O) groups excluding carboxylic acids is 1. The molecule has 1 heterocycles. The van der Waals surface area contributed by atoms with Crippen LogP contribution in [0.2, 0.25) is 5.02 Å². The van der Waals surface area contributed by atoms with Crippen LogP contribution in [-0.4, -0.2) is 11.1 Å². The zero-order valence-electron chi connectivity index (χ0n) is 8.83. The van der Waals surface area contributed by atoms with Gasteiger partial charge in [0.25, 0.3) is 5.91 Å². The number of aromatic nitrogens is 1. The van der Waals surface area contributed by atoms with Gasteiger partial charge in [0.05, 0.1) is 16.4 Å². The van der Waals surface area contributed by atoms with E-state index in [0.29, 0.717) is 16.4 Å². The second-order valence-electron chi connectivity index (χ2n) is 3.41. The lowest BCUT2D eigenvalue weighted by Crippen LogP contribution is -2.11. The molecule has 4 nitrogen and oxygen atoms in total. The van der Waals surface area contributed by atoms with Crippen molar-refractivity contribution in [2.24, 2.45) is 0 Å². The van der Waals surface area contributed by atoms with E-state index in [1.54, 1.807) is 31.2 Å². The van der Waals surface area contributed by atoms with E-state index in [4.69, 9.17) is 16.1 Å². The Morgan fingerprint density at radius 1 is 1.47 bits per heavy atom. The summed E-state index contributed by atoms with van der Waals surface area (Å²) in [6, 6.07) is 6.74. The summed E-state index contributed by atoms with van der Waals surface area (Å²) < 4.78 is 5.69. The summed E-state index contributed by atoms with van der Waals surface area (Å²) in [4.78, 5) is 11.7. The van der Waals surface area contributed by atoms with E-state index in [-0.39, 0.29) is 11.7 Å². The summed E-state index contributed by atoms with van der Waals surface area (Å²) in [5.41, 5.74) is 1.17. The van der Waals surface area contributed by atoms with Gasteiger partial charge in [-0.15, -0.1) is 0 Å². The lowest BCUT2D eigenvalue weighted by Gasteiger charge is -2.05. The molecule has 0 aliphatic heterocycles. The highest BCUT2D eigenvalue weighted by molar-refractivity contribution is 9.10. The molecule has 0 unspecified atom stereocenters. The van der Waals surface area contributed by atoms with Gasteiger partial charge in [-0.3, -0.25) is 4.79 Å².